The predicted molar refractivity (Wildman–Crippen MR) is 141 cm³/mol. The first-order valence-electron chi connectivity index (χ1n) is 12.5. The molecule has 1 atom stereocenters. The number of hydrogen-bond acceptors (Lipinski definition) is 4. The minimum atomic E-state index is -0.836. The largest absolute Gasteiger partial charge is 0.497 e. The zero-order chi connectivity index (χ0) is 25.3. The van der Waals surface area contributed by atoms with Crippen molar-refractivity contribution in [1.82, 2.24) is 10.2 Å². The van der Waals surface area contributed by atoms with E-state index >= 15 is 0 Å². The van der Waals surface area contributed by atoms with Crippen molar-refractivity contribution in [2.24, 2.45) is 0 Å². The summed E-state index contributed by atoms with van der Waals surface area (Å²) in [6, 6.07) is 14.8. The second-order valence-corrected chi connectivity index (χ2v) is 10.1. The van der Waals surface area contributed by atoms with Crippen LogP contribution in [-0.2, 0) is 22.4 Å². The lowest BCUT2D eigenvalue weighted by Gasteiger charge is -2.33. The predicted octanol–water partition coefficient (Wildman–Crippen LogP) is 5.70. The molecule has 1 aliphatic carbocycles. The van der Waals surface area contributed by atoms with Crippen LogP contribution in [0.15, 0.2) is 65.4 Å². The van der Waals surface area contributed by atoms with E-state index in [1.165, 1.54) is 29.9 Å². The minimum Gasteiger partial charge on any atom is -0.497 e. The van der Waals surface area contributed by atoms with Crippen molar-refractivity contribution in [2.45, 2.75) is 57.0 Å². The first kappa shape index (κ1) is 25.9. The van der Waals surface area contributed by atoms with Gasteiger partial charge in [0.25, 0.3) is 0 Å². The fraction of sp³-hybridized carbons (Fsp3) is 0.379. The van der Waals surface area contributed by atoms with Crippen molar-refractivity contribution >= 4 is 23.2 Å². The first-order chi connectivity index (χ1) is 17.5. The molecule has 1 saturated carbocycles. The standard InChI is InChI=1S/C29H33FN2O3S/c1-35-26-13-7-21(8-14-26)15-17-32(27(33)19-22-16-18-36-20-22)28(23-9-11-24(30)12-10-23)29(34)31-25-5-3-2-4-6-25/h7-14,16,18,20,25,28H,2-6,15,17,19H2,1H3,(H,31,34)/t28-/m0/s1. The maximum absolute atomic E-state index is 13.8. The quantitative estimate of drug-likeness (QED) is 0.382. The number of carbonyl (C=O) groups excluding carboxylic acids is 2. The number of carbonyl (C=O) groups is 2. The molecule has 1 fully saturated rings. The van der Waals surface area contributed by atoms with E-state index in [1.807, 2.05) is 41.1 Å². The van der Waals surface area contributed by atoms with Crippen LogP contribution in [0.4, 0.5) is 4.39 Å². The van der Waals surface area contributed by atoms with Gasteiger partial charge in [0.2, 0.25) is 11.8 Å². The highest BCUT2D eigenvalue weighted by molar-refractivity contribution is 7.08. The third-order valence-electron chi connectivity index (χ3n) is 6.75. The summed E-state index contributed by atoms with van der Waals surface area (Å²) < 4.78 is 19.0. The van der Waals surface area contributed by atoms with Gasteiger partial charge in [-0.25, -0.2) is 4.39 Å². The normalized spacial score (nSPS) is 14.7. The van der Waals surface area contributed by atoms with Crippen LogP contribution in [0.1, 0.15) is 54.8 Å². The summed E-state index contributed by atoms with van der Waals surface area (Å²) in [6.07, 6.45) is 6.02. The number of benzene rings is 2. The lowest BCUT2D eigenvalue weighted by molar-refractivity contribution is -0.140. The topological polar surface area (TPSA) is 58.6 Å². The van der Waals surface area contributed by atoms with Gasteiger partial charge in [0.15, 0.2) is 0 Å². The molecule has 2 amide bonds. The summed E-state index contributed by atoms with van der Waals surface area (Å²) in [6.45, 7) is 0.357. The molecule has 0 saturated heterocycles. The summed E-state index contributed by atoms with van der Waals surface area (Å²) in [5.41, 5.74) is 2.57. The molecule has 3 aromatic rings. The van der Waals surface area contributed by atoms with Crippen molar-refractivity contribution < 1.29 is 18.7 Å². The van der Waals surface area contributed by atoms with E-state index in [4.69, 9.17) is 4.74 Å². The van der Waals surface area contributed by atoms with Crippen LogP contribution in [0.5, 0.6) is 5.75 Å². The lowest BCUT2D eigenvalue weighted by Crippen LogP contribution is -2.48. The second-order valence-electron chi connectivity index (χ2n) is 9.29. The van der Waals surface area contributed by atoms with Crippen molar-refractivity contribution in [3.63, 3.8) is 0 Å². The van der Waals surface area contributed by atoms with E-state index in [9.17, 15) is 14.0 Å². The number of methoxy groups -OCH3 is 1. The van der Waals surface area contributed by atoms with E-state index in [1.54, 1.807) is 24.1 Å². The van der Waals surface area contributed by atoms with Gasteiger partial charge < -0.3 is 15.0 Å². The van der Waals surface area contributed by atoms with E-state index < -0.39 is 6.04 Å². The van der Waals surface area contributed by atoms with Crippen molar-refractivity contribution in [3.05, 3.63) is 87.9 Å². The Labute approximate surface area is 216 Å². The number of ether oxygens (including phenoxy) is 1. The zero-order valence-corrected chi connectivity index (χ0v) is 21.4. The summed E-state index contributed by atoms with van der Waals surface area (Å²) in [5, 5.41) is 7.09. The van der Waals surface area contributed by atoms with Crippen LogP contribution < -0.4 is 10.1 Å². The molecule has 4 rings (SSSR count). The third kappa shape index (κ3) is 6.94. The average Bonchev–Trinajstić information content (AvgIpc) is 3.41. The van der Waals surface area contributed by atoms with Gasteiger partial charge in [0.05, 0.1) is 13.5 Å². The molecule has 1 aromatic heterocycles. The zero-order valence-electron chi connectivity index (χ0n) is 20.6. The summed E-state index contributed by atoms with van der Waals surface area (Å²) in [4.78, 5) is 29.1. The van der Waals surface area contributed by atoms with Crippen molar-refractivity contribution in [2.75, 3.05) is 13.7 Å². The van der Waals surface area contributed by atoms with Gasteiger partial charge in [-0.05, 0) is 77.0 Å². The molecular weight excluding hydrogens is 475 g/mol. The molecule has 0 spiro atoms. The number of thiophene rings is 1. The highest BCUT2D eigenvalue weighted by Crippen LogP contribution is 2.26. The smallest absolute Gasteiger partial charge is 0.247 e. The van der Waals surface area contributed by atoms with E-state index in [0.717, 1.165) is 42.6 Å². The number of hydrogen-bond donors (Lipinski definition) is 1. The fourth-order valence-corrected chi connectivity index (χ4v) is 5.42. The molecule has 36 heavy (non-hydrogen) atoms. The Balaban J connectivity index is 1.62. The molecule has 5 nitrogen and oxygen atoms in total. The number of nitrogens with one attached hydrogen (secondary N) is 1. The molecule has 0 aliphatic heterocycles. The maximum Gasteiger partial charge on any atom is 0.247 e. The summed E-state index contributed by atoms with van der Waals surface area (Å²) in [7, 11) is 1.62. The van der Waals surface area contributed by atoms with E-state index in [0.29, 0.717) is 18.5 Å². The Bertz CT molecular complexity index is 1110. The van der Waals surface area contributed by atoms with Crippen LogP contribution in [0, 0.1) is 5.82 Å². The van der Waals surface area contributed by atoms with Crippen LogP contribution >= 0.6 is 11.3 Å². The average molecular weight is 509 g/mol. The van der Waals surface area contributed by atoms with Crippen LogP contribution in [0.3, 0.4) is 0 Å². The van der Waals surface area contributed by atoms with Crippen LogP contribution in [0.2, 0.25) is 0 Å². The molecule has 1 N–H and O–H groups in total. The highest BCUT2D eigenvalue weighted by Gasteiger charge is 2.32. The summed E-state index contributed by atoms with van der Waals surface area (Å²) in [5.74, 6) is 0.0525. The Morgan fingerprint density at radius 3 is 2.39 bits per heavy atom. The Morgan fingerprint density at radius 2 is 1.75 bits per heavy atom. The van der Waals surface area contributed by atoms with Gasteiger partial charge in [-0.2, -0.15) is 11.3 Å². The van der Waals surface area contributed by atoms with Gasteiger partial charge in [-0.15, -0.1) is 0 Å². The minimum absolute atomic E-state index is 0.101. The van der Waals surface area contributed by atoms with Gasteiger partial charge in [-0.3, -0.25) is 9.59 Å². The number of halogens is 1. The maximum atomic E-state index is 13.8. The molecule has 0 unspecified atom stereocenters. The molecule has 7 heteroatoms. The summed E-state index contributed by atoms with van der Waals surface area (Å²) >= 11 is 1.54. The SMILES string of the molecule is COc1ccc(CCN(C(=O)Cc2ccsc2)[C@H](C(=O)NC2CCCCC2)c2ccc(F)cc2)cc1. The molecule has 0 bridgehead atoms. The molecule has 190 valence electrons. The molecule has 1 aliphatic rings. The fourth-order valence-electron chi connectivity index (χ4n) is 4.75. The second kappa shape index (κ2) is 12.7. The molecule has 1 heterocycles. The van der Waals surface area contributed by atoms with E-state index in [2.05, 4.69) is 5.32 Å². The van der Waals surface area contributed by atoms with Crippen LogP contribution in [0.25, 0.3) is 0 Å². The van der Waals surface area contributed by atoms with Crippen molar-refractivity contribution in [3.8, 4) is 5.75 Å². The monoisotopic (exact) mass is 508 g/mol. The number of nitrogens with zero attached hydrogens (tertiary/aromatic N) is 1. The molecular formula is C29H33FN2O3S. The number of rotatable bonds is 10. The van der Waals surface area contributed by atoms with Gasteiger partial charge in [-0.1, -0.05) is 43.5 Å². The van der Waals surface area contributed by atoms with Crippen molar-refractivity contribution in [1.29, 1.82) is 0 Å². The first-order valence-corrected chi connectivity index (χ1v) is 13.5. The lowest BCUT2D eigenvalue weighted by atomic mass is 9.94. The van der Waals surface area contributed by atoms with Crippen LogP contribution in [-0.4, -0.2) is 36.4 Å². The van der Waals surface area contributed by atoms with Gasteiger partial charge in [0, 0.05) is 12.6 Å². The third-order valence-corrected chi connectivity index (χ3v) is 7.49. The Morgan fingerprint density at radius 1 is 1.03 bits per heavy atom. The number of amides is 2. The Kier molecular flexibility index (Phi) is 9.11. The molecule has 2 aromatic carbocycles. The highest BCUT2D eigenvalue weighted by atomic mass is 32.1. The van der Waals surface area contributed by atoms with Gasteiger partial charge in [0.1, 0.15) is 17.6 Å². The van der Waals surface area contributed by atoms with Gasteiger partial charge >= 0.3 is 0 Å². The molecule has 0 radical (unpaired) electrons. The van der Waals surface area contributed by atoms with E-state index in [-0.39, 0.29) is 30.1 Å². The Hall–Kier alpha value is -3.19.